The predicted molar refractivity (Wildman–Crippen MR) is 122 cm³/mol. The fourth-order valence-electron chi connectivity index (χ4n) is 4.35. The Kier molecular flexibility index (Phi) is 6.56. The third kappa shape index (κ3) is 4.74. The first kappa shape index (κ1) is 21.4. The molecule has 4 rings (SSSR count). The van der Waals surface area contributed by atoms with Crippen LogP contribution in [0.15, 0.2) is 42.5 Å². The summed E-state index contributed by atoms with van der Waals surface area (Å²) in [5.41, 5.74) is 4.87. The number of hydrogen-bond donors (Lipinski definition) is 1. The summed E-state index contributed by atoms with van der Waals surface area (Å²) in [4.78, 5) is 29.9. The molecule has 2 saturated heterocycles. The molecule has 2 fully saturated rings. The molecule has 2 aromatic carbocycles. The highest BCUT2D eigenvalue weighted by atomic mass is 16.5. The zero-order valence-electron chi connectivity index (χ0n) is 18.4. The van der Waals surface area contributed by atoms with E-state index in [4.69, 9.17) is 4.74 Å². The number of carbonyl (C=O) groups is 2. The first-order chi connectivity index (χ1) is 15.0. The van der Waals surface area contributed by atoms with Gasteiger partial charge < -0.3 is 19.9 Å². The average Bonchev–Trinajstić information content (AvgIpc) is 2.82. The van der Waals surface area contributed by atoms with Gasteiger partial charge in [0.05, 0.1) is 24.5 Å². The number of para-hydroxylation sites is 1. The van der Waals surface area contributed by atoms with Gasteiger partial charge in [-0.25, -0.2) is 0 Å². The number of amides is 2. The number of hydrogen-bond acceptors (Lipinski definition) is 4. The number of aryl methyl sites for hydroxylation is 1. The smallest absolute Gasteiger partial charge is 0.255 e. The van der Waals surface area contributed by atoms with E-state index in [1.54, 1.807) is 0 Å². The van der Waals surface area contributed by atoms with E-state index in [-0.39, 0.29) is 17.7 Å². The van der Waals surface area contributed by atoms with Crippen LogP contribution in [0, 0.1) is 19.8 Å². The minimum absolute atomic E-state index is 0.00506. The van der Waals surface area contributed by atoms with Gasteiger partial charge in [0, 0.05) is 37.8 Å². The van der Waals surface area contributed by atoms with Crippen molar-refractivity contribution in [3.8, 4) is 0 Å². The topological polar surface area (TPSA) is 61.9 Å². The molecular weight excluding hydrogens is 390 g/mol. The number of carbonyl (C=O) groups excluding carboxylic acids is 2. The molecule has 2 aliphatic rings. The van der Waals surface area contributed by atoms with E-state index >= 15 is 0 Å². The third-order valence-electron chi connectivity index (χ3n) is 6.49. The van der Waals surface area contributed by atoms with E-state index in [2.05, 4.69) is 25.2 Å². The Morgan fingerprint density at radius 2 is 1.55 bits per heavy atom. The molecule has 2 amide bonds. The molecule has 0 aliphatic carbocycles. The number of nitrogens with one attached hydrogen (secondary N) is 1. The van der Waals surface area contributed by atoms with Gasteiger partial charge in [0.2, 0.25) is 5.91 Å². The molecule has 31 heavy (non-hydrogen) atoms. The Labute approximate surface area is 184 Å². The number of anilines is 2. The summed E-state index contributed by atoms with van der Waals surface area (Å²) in [6.45, 7) is 7.97. The first-order valence-electron chi connectivity index (χ1n) is 11.1. The van der Waals surface area contributed by atoms with E-state index in [0.29, 0.717) is 57.8 Å². The summed E-state index contributed by atoms with van der Waals surface area (Å²) in [7, 11) is 0. The number of ether oxygens (including phenoxy) is 1. The van der Waals surface area contributed by atoms with E-state index in [9.17, 15) is 9.59 Å². The fraction of sp³-hybridized carbons (Fsp3) is 0.440. The Hall–Kier alpha value is -2.86. The fourth-order valence-corrected chi connectivity index (χ4v) is 4.35. The molecule has 2 heterocycles. The lowest BCUT2D eigenvalue weighted by atomic mass is 9.94. The van der Waals surface area contributed by atoms with Crippen molar-refractivity contribution in [2.24, 2.45) is 5.92 Å². The second-order valence-electron chi connectivity index (χ2n) is 8.42. The van der Waals surface area contributed by atoms with Crippen molar-refractivity contribution in [3.05, 3.63) is 59.2 Å². The number of morpholine rings is 1. The van der Waals surface area contributed by atoms with E-state index in [0.717, 1.165) is 11.4 Å². The Morgan fingerprint density at radius 3 is 2.29 bits per heavy atom. The third-order valence-corrected chi connectivity index (χ3v) is 6.49. The maximum atomic E-state index is 13.3. The van der Waals surface area contributed by atoms with Crippen molar-refractivity contribution < 1.29 is 14.3 Å². The second kappa shape index (κ2) is 9.52. The second-order valence-corrected chi connectivity index (χ2v) is 8.42. The van der Waals surface area contributed by atoms with Crippen LogP contribution in [0.4, 0.5) is 11.4 Å². The summed E-state index contributed by atoms with van der Waals surface area (Å²) >= 11 is 0. The lowest BCUT2D eigenvalue weighted by Crippen LogP contribution is -2.47. The summed E-state index contributed by atoms with van der Waals surface area (Å²) in [5, 5.41) is 3.45. The highest BCUT2D eigenvalue weighted by Gasteiger charge is 2.31. The highest BCUT2D eigenvalue weighted by molar-refractivity contribution is 6.00. The van der Waals surface area contributed by atoms with Crippen LogP contribution >= 0.6 is 0 Å². The number of likely N-dealkylation sites (tertiary alicyclic amines) is 1. The van der Waals surface area contributed by atoms with Crippen LogP contribution in [0.1, 0.15) is 34.3 Å². The molecule has 0 bridgehead atoms. The Balaban J connectivity index is 1.42. The molecule has 0 atom stereocenters. The zero-order chi connectivity index (χ0) is 21.8. The predicted octanol–water partition coefficient (Wildman–Crippen LogP) is 3.76. The summed E-state index contributed by atoms with van der Waals surface area (Å²) in [6, 6.07) is 13.8. The normalized spacial score (nSPS) is 17.5. The van der Waals surface area contributed by atoms with Crippen LogP contribution in [0.5, 0.6) is 0 Å². The summed E-state index contributed by atoms with van der Waals surface area (Å²) in [5.74, 6) is 0.239. The van der Waals surface area contributed by atoms with Crippen molar-refractivity contribution in [3.63, 3.8) is 0 Å². The molecular formula is C25H31N3O3. The Bertz CT molecular complexity index is 945. The van der Waals surface area contributed by atoms with Crippen molar-refractivity contribution in [1.29, 1.82) is 0 Å². The van der Waals surface area contributed by atoms with Crippen LogP contribution in [0.3, 0.4) is 0 Å². The van der Waals surface area contributed by atoms with Crippen LogP contribution in [-0.4, -0.2) is 61.0 Å². The number of piperidine rings is 1. The van der Waals surface area contributed by atoms with E-state index in [1.807, 2.05) is 46.2 Å². The number of rotatable bonds is 4. The maximum absolute atomic E-state index is 13.3. The lowest BCUT2D eigenvalue weighted by molar-refractivity contribution is -0.141. The van der Waals surface area contributed by atoms with Gasteiger partial charge in [0.15, 0.2) is 0 Å². The zero-order valence-corrected chi connectivity index (χ0v) is 18.4. The van der Waals surface area contributed by atoms with Crippen molar-refractivity contribution >= 4 is 23.2 Å². The van der Waals surface area contributed by atoms with E-state index < -0.39 is 0 Å². The van der Waals surface area contributed by atoms with Crippen LogP contribution in [-0.2, 0) is 9.53 Å². The van der Waals surface area contributed by atoms with Gasteiger partial charge in [-0.05, 0) is 56.0 Å². The summed E-state index contributed by atoms with van der Waals surface area (Å²) in [6.07, 6.45) is 1.43. The maximum Gasteiger partial charge on any atom is 0.255 e. The Morgan fingerprint density at radius 1 is 0.871 bits per heavy atom. The van der Waals surface area contributed by atoms with Crippen molar-refractivity contribution in [2.75, 3.05) is 44.7 Å². The minimum atomic E-state index is 0.00506. The number of benzene rings is 2. The SMILES string of the molecule is Cc1cccc(Nc2ccccc2C(=O)N2CCC(C(=O)N3CCOCC3)CC2)c1C. The molecule has 0 saturated carbocycles. The molecule has 2 aliphatic heterocycles. The van der Waals surface area contributed by atoms with Crippen LogP contribution in [0.2, 0.25) is 0 Å². The number of nitrogens with zero attached hydrogens (tertiary/aromatic N) is 2. The molecule has 0 radical (unpaired) electrons. The van der Waals surface area contributed by atoms with Crippen LogP contribution in [0.25, 0.3) is 0 Å². The molecule has 6 heteroatoms. The molecule has 6 nitrogen and oxygen atoms in total. The standard InChI is InChI=1S/C25H31N3O3/c1-18-6-5-9-22(19(18)2)26-23-8-4-3-7-21(23)25(30)27-12-10-20(11-13-27)24(29)28-14-16-31-17-15-28/h3-9,20,26H,10-17H2,1-2H3. The molecule has 0 aromatic heterocycles. The summed E-state index contributed by atoms with van der Waals surface area (Å²) < 4.78 is 5.35. The largest absolute Gasteiger partial charge is 0.378 e. The van der Waals surface area contributed by atoms with Gasteiger partial charge in [0.25, 0.3) is 5.91 Å². The average molecular weight is 422 g/mol. The molecule has 164 valence electrons. The minimum Gasteiger partial charge on any atom is -0.378 e. The highest BCUT2D eigenvalue weighted by Crippen LogP contribution is 2.28. The van der Waals surface area contributed by atoms with E-state index in [1.165, 1.54) is 11.1 Å². The van der Waals surface area contributed by atoms with Gasteiger partial charge in [0.1, 0.15) is 0 Å². The molecule has 2 aromatic rings. The quantitative estimate of drug-likeness (QED) is 0.817. The monoisotopic (exact) mass is 421 g/mol. The van der Waals surface area contributed by atoms with Crippen LogP contribution < -0.4 is 5.32 Å². The van der Waals surface area contributed by atoms with Gasteiger partial charge >= 0.3 is 0 Å². The molecule has 1 N–H and O–H groups in total. The van der Waals surface area contributed by atoms with Gasteiger partial charge in [-0.15, -0.1) is 0 Å². The molecule has 0 unspecified atom stereocenters. The molecule has 0 spiro atoms. The first-order valence-corrected chi connectivity index (χ1v) is 11.1. The van der Waals surface area contributed by atoms with Gasteiger partial charge in [-0.3, -0.25) is 9.59 Å². The van der Waals surface area contributed by atoms with Crippen molar-refractivity contribution in [2.45, 2.75) is 26.7 Å². The van der Waals surface area contributed by atoms with Gasteiger partial charge in [-0.2, -0.15) is 0 Å². The lowest BCUT2D eigenvalue weighted by Gasteiger charge is -2.35. The van der Waals surface area contributed by atoms with Gasteiger partial charge in [-0.1, -0.05) is 24.3 Å². The van der Waals surface area contributed by atoms with Crippen molar-refractivity contribution in [1.82, 2.24) is 9.80 Å².